The number of aryl methyl sites for hydroxylation is 1. The second kappa shape index (κ2) is 5.71. The van der Waals surface area contributed by atoms with Crippen molar-refractivity contribution in [1.82, 2.24) is 9.55 Å². The monoisotopic (exact) mass is 336 g/mol. The largest absolute Gasteiger partial charge is 0.329 e. The van der Waals surface area contributed by atoms with Crippen LogP contribution in [0.15, 0.2) is 29.4 Å². The van der Waals surface area contributed by atoms with E-state index in [-0.39, 0.29) is 11.6 Å². The summed E-state index contributed by atoms with van der Waals surface area (Å²) in [6, 6.07) is 4.20. The van der Waals surface area contributed by atoms with Crippen LogP contribution >= 0.6 is 22.3 Å². The molecule has 0 spiro atoms. The van der Waals surface area contributed by atoms with E-state index in [0.29, 0.717) is 22.8 Å². The zero-order chi connectivity index (χ0) is 14.9. The lowest BCUT2D eigenvalue weighted by molar-refractivity contribution is 0.595. The fourth-order valence-corrected chi connectivity index (χ4v) is 2.70. The number of aromatic nitrogens is 2. The van der Waals surface area contributed by atoms with E-state index in [1.807, 2.05) is 6.92 Å². The predicted molar refractivity (Wildman–Crippen MR) is 75.2 cm³/mol. The Labute approximate surface area is 125 Å². The summed E-state index contributed by atoms with van der Waals surface area (Å²) in [4.78, 5) is 3.94. The standard InChI is InChI=1S/C12H11Cl2FN2O2S/c1-2-11-16-12(20(14,18)19)7-17(11)6-8-5-9(13)3-4-10(8)15/h3-5,7H,2,6H2,1H3. The van der Waals surface area contributed by atoms with Gasteiger partial charge < -0.3 is 4.57 Å². The molecule has 0 aliphatic heterocycles. The van der Waals surface area contributed by atoms with E-state index in [9.17, 15) is 12.8 Å². The van der Waals surface area contributed by atoms with Crippen molar-refractivity contribution in [2.45, 2.75) is 24.9 Å². The maximum absolute atomic E-state index is 13.7. The Morgan fingerprint density at radius 3 is 2.70 bits per heavy atom. The first-order valence-electron chi connectivity index (χ1n) is 5.76. The Morgan fingerprint density at radius 2 is 2.10 bits per heavy atom. The zero-order valence-corrected chi connectivity index (χ0v) is 12.8. The molecule has 0 unspecified atom stereocenters. The Bertz CT molecular complexity index is 744. The fourth-order valence-electron chi connectivity index (χ4n) is 1.81. The lowest BCUT2D eigenvalue weighted by Crippen LogP contribution is -2.05. The molecule has 2 rings (SSSR count). The lowest BCUT2D eigenvalue weighted by atomic mass is 10.2. The van der Waals surface area contributed by atoms with Gasteiger partial charge >= 0.3 is 0 Å². The van der Waals surface area contributed by atoms with Crippen LogP contribution in [0, 0.1) is 5.82 Å². The minimum atomic E-state index is -3.90. The second-order valence-corrected chi connectivity index (χ2v) is 7.10. The molecule has 1 heterocycles. The molecule has 0 saturated heterocycles. The molecule has 0 amide bonds. The van der Waals surface area contributed by atoms with Crippen molar-refractivity contribution < 1.29 is 12.8 Å². The quantitative estimate of drug-likeness (QED) is 0.805. The molecule has 108 valence electrons. The first kappa shape index (κ1) is 15.3. The van der Waals surface area contributed by atoms with Crippen LogP contribution in [0.1, 0.15) is 18.3 Å². The topological polar surface area (TPSA) is 52.0 Å². The number of imidazole rings is 1. The van der Waals surface area contributed by atoms with Gasteiger partial charge in [-0.05, 0) is 18.2 Å². The molecule has 1 aromatic heterocycles. The third-order valence-corrected chi connectivity index (χ3v) is 4.16. The van der Waals surface area contributed by atoms with Crippen LogP contribution in [-0.4, -0.2) is 18.0 Å². The first-order chi connectivity index (χ1) is 9.31. The maximum Gasteiger partial charge on any atom is 0.280 e. The molecule has 20 heavy (non-hydrogen) atoms. The van der Waals surface area contributed by atoms with Gasteiger partial charge in [0.25, 0.3) is 9.05 Å². The molecule has 0 bridgehead atoms. The number of hydrogen-bond acceptors (Lipinski definition) is 3. The van der Waals surface area contributed by atoms with Crippen LogP contribution < -0.4 is 0 Å². The Balaban J connectivity index is 2.43. The van der Waals surface area contributed by atoms with Crippen molar-refractivity contribution in [3.05, 3.63) is 46.6 Å². The van der Waals surface area contributed by atoms with Crippen LogP contribution in [0.4, 0.5) is 4.39 Å². The average Bonchev–Trinajstić information content (AvgIpc) is 2.77. The van der Waals surface area contributed by atoms with Crippen LogP contribution in [0.3, 0.4) is 0 Å². The SMILES string of the molecule is CCc1nc(S(=O)(=O)Cl)cn1Cc1cc(Cl)ccc1F. The van der Waals surface area contributed by atoms with Gasteiger partial charge in [-0.2, -0.15) is 0 Å². The predicted octanol–water partition coefficient (Wildman–Crippen LogP) is 3.21. The van der Waals surface area contributed by atoms with Gasteiger partial charge in [-0.15, -0.1) is 0 Å². The summed E-state index contributed by atoms with van der Waals surface area (Å²) in [7, 11) is 1.36. The van der Waals surface area contributed by atoms with Crippen molar-refractivity contribution in [2.24, 2.45) is 0 Å². The molecule has 0 atom stereocenters. The number of hydrogen-bond donors (Lipinski definition) is 0. The molecular formula is C12H11Cl2FN2O2S. The highest BCUT2D eigenvalue weighted by Gasteiger charge is 2.17. The van der Waals surface area contributed by atoms with Gasteiger partial charge in [0.2, 0.25) is 0 Å². The van der Waals surface area contributed by atoms with E-state index in [1.54, 1.807) is 4.57 Å². The Hall–Kier alpha value is -1.11. The summed E-state index contributed by atoms with van der Waals surface area (Å²) < 4.78 is 37.8. The third-order valence-electron chi connectivity index (χ3n) is 2.75. The highest BCUT2D eigenvalue weighted by Crippen LogP contribution is 2.19. The highest BCUT2D eigenvalue weighted by atomic mass is 35.7. The van der Waals surface area contributed by atoms with Gasteiger partial charge in [-0.1, -0.05) is 18.5 Å². The number of nitrogens with zero attached hydrogens (tertiary/aromatic N) is 2. The Morgan fingerprint density at radius 1 is 1.40 bits per heavy atom. The van der Waals surface area contributed by atoms with Gasteiger partial charge in [0, 0.05) is 33.9 Å². The van der Waals surface area contributed by atoms with Gasteiger partial charge in [0.05, 0.1) is 6.54 Å². The van der Waals surface area contributed by atoms with Crippen molar-refractivity contribution in [1.29, 1.82) is 0 Å². The number of halogens is 3. The van der Waals surface area contributed by atoms with E-state index >= 15 is 0 Å². The normalized spacial score (nSPS) is 11.8. The summed E-state index contributed by atoms with van der Waals surface area (Å²) in [5, 5.41) is 0.170. The summed E-state index contributed by atoms with van der Waals surface area (Å²) >= 11 is 5.83. The van der Waals surface area contributed by atoms with Crippen LogP contribution in [0.2, 0.25) is 5.02 Å². The summed E-state index contributed by atoms with van der Waals surface area (Å²) in [6.45, 7) is 1.95. The van der Waals surface area contributed by atoms with Crippen molar-refractivity contribution in [3.63, 3.8) is 0 Å². The van der Waals surface area contributed by atoms with Crippen LogP contribution in [0.5, 0.6) is 0 Å². The fraction of sp³-hybridized carbons (Fsp3) is 0.250. The van der Waals surface area contributed by atoms with E-state index in [1.165, 1.54) is 24.4 Å². The van der Waals surface area contributed by atoms with Gasteiger partial charge in [-0.3, -0.25) is 0 Å². The molecule has 8 heteroatoms. The molecule has 4 nitrogen and oxygen atoms in total. The maximum atomic E-state index is 13.7. The van der Waals surface area contributed by atoms with E-state index < -0.39 is 14.9 Å². The van der Waals surface area contributed by atoms with Crippen LogP contribution in [0.25, 0.3) is 0 Å². The zero-order valence-electron chi connectivity index (χ0n) is 10.5. The molecule has 0 saturated carbocycles. The molecule has 0 aliphatic carbocycles. The lowest BCUT2D eigenvalue weighted by Gasteiger charge is -2.07. The molecular weight excluding hydrogens is 326 g/mol. The van der Waals surface area contributed by atoms with Crippen molar-refractivity contribution in [3.8, 4) is 0 Å². The average molecular weight is 337 g/mol. The van der Waals surface area contributed by atoms with Gasteiger partial charge in [-0.25, -0.2) is 17.8 Å². The summed E-state index contributed by atoms with van der Waals surface area (Å²) in [6.07, 6.45) is 1.79. The minimum absolute atomic E-state index is 0.134. The molecule has 1 aromatic carbocycles. The first-order valence-corrected chi connectivity index (χ1v) is 8.44. The molecule has 2 aromatic rings. The molecule has 0 aliphatic rings. The number of rotatable bonds is 4. The van der Waals surface area contributed by atoms with Gasteiger partial charge in [0.15, 0.2) is 5.03 Å². The molecule has 0 fully saturated rings. The van der Waals surface area contributed by atoms with Crippen molar-refractivity contribution >= 4 is 31.3 Å². The van der Waals surface area contributed by atoms with E-state index in [2.05, 4.69) is 4.98 Å². The van der Waals surface area contributed by atoms with Gasteiger partial charge in [0.1, 0.15) is 11.6 Å². The highest BCUT2D eigenvalue weighted by molar-refractivity contribution is 8.13. The second-order valence-electron chi connectivity index (χ2n) is 4.15. The molecule has 0 radical (unpaired) electrons. The minimum Gasteiger partial charge on any atom is -0.329 e. The summed E-state index contributed by atoms with van der Waals surface area (Å²) in [5.74, 6) is 0.0871. The third kappa shape index (κ3) is 3.31. The molecule has 0 N–H and O–H groups in total. The summed E-state index contributed by atoms with van der Waals surface area (Å²) in [5.41, 5.74) is 0.350. The number of benzene rings is 1. The van der Waals surface area contributed by atoms with E-state index in [0.717, 1.165) is 0 Å². The van der Waals surface area contributed by atoms with E-state index in [4.69, 9.17) is 22.3 Å². The smallest absolute Gasteiger partial charge is 0.280 e. The Kier molecular flexibility index (Phi) is 4.36. The van der Waals surface area contributed by atoms with Crippen molar-refractivity contribution in [2.75, 3.05) is 0 Å². The van der Waals surface area contributed by atoms with Crippen LogP contribution in [-0.2, 0) is 22.0 Å².